The number of thiazole rings is 1. The van der Waals surface area contributed by atoms with Crippen LogP contribution in [-0.4, -0.2) is 61.4 Å². The van der Waals surface area contributed by atoms with E-state index in [1.54, 1.807) is 30.2 Å². The minimum absolute atomic E-state index is 0. The first kappa shape index (κ1) is 29.2. The van der Waals surface area contributed by atoms with E-state index in [2.05, 4.69) is 30.9 Å². The highest BCUT2D eigenvalue weighted by Crippen LogP contribution is 2.32. The normalized spacial score (nSPS) is 10.9. The Balaban J connectivity index is 0.00000432. The van der Waals surface area contributed by atoms with Crippen molar-refractivity contribution in [3.63, 3.8) is 0 Å². The molecule has 0 aliphatic heterocycles. The fourth-order valence-electron chi connectivity index (χ4n) is 3.59. The summed E-state index contributed by atoms with van der Waals surface area (Å²) >= 11 is 3.32. The number of hydrogen-bond donors (Lipinski definition) is 0. The molecule has 6 nitrogen and oxygen atoms in total. The number of halogens is 1. The smallest absolute Gasteiger partial charge is 0.228 e. The summed E-state index contributed by atoms with van der Waals surface area (Å²) in [6.07, 6.45) is 1.32. The molecule has 0 aliphatic rings. The summed E-state index contributed by atoms with van der Waals surface area (Å²) < 4.78 is 11.9. The molecule has 0 fully saturated rings. The van der Waals surface area contributed by atoms with Crippen LogP contribution in [0, 0.1) is 0 Å². The molecule has 0 bridgehead atoms. The Labute approximate surface area is 223 Å². The first-order chi connectivity index (χ1) is 16.6. The molecule has 0 radical (unpaired) electrons. The van der Waals surface area contributed by atoms with Crippen LogP contribution in [0.1, 0.15) is 33.6 Å². The van der Waals surface area contributed by atoms with E-state index < -0.39 is 0 Å². The van der Waals surface area contributed by atoms with Gasteiger partial charge in [0.1, 0.15) is 11.5 Å². The number of nitrogens with zero attached hydrogens (tertiary/aromatic N) is 3. The summed E-state index contributed by atoms with van der Waals surface area (Å²) in [6, 6.07) is 14.0. The van der Waals surface area contributed by atoms with Crippen LogP contribution in [0.2, 0.25) is 0 Å². The number of fused-ring (bicyclic) bond motifs is 1. The minimum Gasteiger partial charge on any atom is -0.497 e. The molecule has 0 spiro atoms. The van der Waals surface area contributed by atoms with E-state index in [0.717, 1.165) is 58.7 Å². The van der Waals surface area contributed by atoms with Gasteiger partial charge in [0.15, 0.2) is 5.13 Å². The van der Waals surface area contributed by atoms with Crippen molar-refractivity contribution in [1.82, 2.24) is 9.88 Å². The van der Waals surface area contributed by atoms with Crippen LogP contribution >= 0.6 is 35.5 Å². The van der Waals surface area contributed by atoms with Gasteiger partial charge in [-0.2, -0.15) is 0 Å². The topological polar surface area (TPSA) is 54.9 Å². The van der Waals surface area contributed by atoms with Crippen molar-refractivity contribution in [3.05, 3.63) is 42.5 Å². The third kappa shape index (κ3) is 8.56. The van der Waals surface area contributed by atoms with Gasteiger partial charge in [-0.25, -0.2) is 4.98 Å². The van der Waals surface area contributed by atoms with E-state index in [-0.39, 0.29) is 18.3 Å². The summed E-state index contributed by atoms with van der Waals surface area (Å²) in [5.41, 5.74) is 0.902. The molecule has 0 saturated heterocycles. The highest BCUT2D eigenvalue weighted by atomic mass is 35.5. The Bertz CT molecular complexity index is 1040. The molecule has 0 unspecified atom stereocenters. The maximum Gasteiger partial charge on any atom is 0.228 e. The molecule has 192 valence electrons. The van der Waals surface area contributed by atoms with Crippen LogP contribution in [-0.2, 0) is 4.79 Å². The van der Waals surface area contributed by atoms with Crippen molar-refractivity contribution >= 4 is 56.8 Å². The van der Waals surface area contributed by atoms with Gasteiger partial charge in [-0.3, -0.25) is 9.69 Å². The third-order valence-corrected chi connectivity index (χ3v) is 7.73. The summed E-state index contributed by atoms with van der Waals surface area (Å²) in [4.78, 5) is 23.5. The van der Waals surface area contributed by atoms with Crippen molar-refractivity contribution < 1.29 is 14.3 Å². The zero-order valence-electron chi connectivity index (χ0n) is 21.0. The molecule has 2 aromatic carbocycles. The van der Waals surface area contributed by atoms with Gasteiger partial charge in [-0.05, 0) is 74.7 Å². The molecule has 1 heterocycles. The molecule has 35 heavy (non-hydrogen) atoms. The predicted octanol–water partition coefficient (Wildman–Crippen LogP) is 6.37. The highest BCUT2D eigenvalue weighted by Gasteiger charge is 2.20. The standard InChI is InChI=1S/C26H35N3O3S2.ClH/c1-5-28(6-2)16-17-29(26-27-23-15-12-21(32-7-3)19-24(23)34-26)25(30)9-8-18-33-22-13-10-20(31-4)11-14-22;/h10-15,19H,5-9,16-18H2,1-4H3;1H. The molecule has 0 saturated carbocycles. The van der Waals surface area contributed by atoms with Crippen molar-refractivity contribution in [2.75, 3.05) is 50.5 Å². The summed E-state index contributed by atoms with van der Waals surface area (Å²) in [5, 5.41) is 0.767. The average Bonchev–Trinajstić information content (AvgIpc) is 3.28. The zero-order valence-corrected chi connectivity index (χ0v) is 23.4. The van der Waals surface area contributed by atoms with E-state index in [4.69, 9.17) is 14.5 Å². The van der Waals surface area contributed by atoms with Crippen molar-refractivity contribution in [3.8, 4) is 11.5 Å². The minimum atomic E-state index is 0. The second-order valence-electron chi connectivity index (χ2n) is 7.76. The largest absolute Gasteiger partial charge is 0.497 e. The molecule has 3 aromatic rings. The number of rotatable bonds is 14. The molecule has 0 N–H and O–H groups in total. The SMILES string of the molecule is CCOc1ccc2nc(N(CCN(CC)CC)C(=O)CCCSc3ccc(OC)cc3)sc2c1.Cl. The first-order valence-corrected chi connectivity index (χ1v) is 13.7. The predicted molar refractivity (Wildman–Crippen MR) is 151 cm³/mol. The second kappa shape index (κ2) is 15.2. The number of likely N-dealkylation sites (N-methyl/N-ethyl adjacent to an activating group) is 1. The van der Waals surface area contributed by atoms with E-state index in [1.165, 1.54) is 4.90 Å². The quantitative estimate of drug-likeness (QED) is 0.176. The Morgan fingerprint density at radius 1 is 1.03 bits per heavy atom. The lowest BCUT2D eigenvalue weighted by Gasteiger charge is -2.24. The van der Waals surface area contributed by atoms with Gasteiger partial charge in [-0.1, -0.05) is 25.2 Å². The van der Waals surface area contributed by atoms with Gasteiger partial charge in [0.05, 0.1) is 23.9 Å². The summed E-state index contributed by atoms with van der Waals surface area (Å²) in [6.45, 7) is 10.3. The number of thioether (sulfide) groups is 1. The lowest BCUT2D eigenvalue weighted by Crippen LogP contribution is -2.38. The Kier molecular flexibility index (Phi) is 12.7. The van der Waals surface area contributed by atoms with Crippen LogP contribution in [0.15, 0.2) is 47.4 Å². The van der Waals surface area contributed by atoms with Gasteiger partial charge < -0.3 is 14.4 Å². The number of anilines is 1. The summed E-state index contributed by atoms with van der Waals surface area (Å²) in [7, 11) is 1.67. The lowest BCUT2D eigenvalue weighted by molar-refractivity contribution is -0.118. The number of hydrogen-bond acceptors (Lipinski definition) is 7. The molecule has 9 heteroatoms. The van der Waals surface area contributed by atoms with Crippen LogP contribution in [0.5, 0.6) is 11.5 Å². The van der Waals surface area contributed by atoms with E-state index in [1.807, 2.05) is 42.2 Å². The maximum absolute atomic E-state index is 13.3. The van der Waals surface area contributed by atoms with Gasteiger partial charge in [-0.15, -0.1) is 24.2 Å². The van der Waals surface area contributed by atoms with Crippen molar-refractivity contribution in [2.24, 2.45) is 0 Å². The van der Waals surface area contributed by atoms with Gasteiger partial charge in [0, 0.05) is 24.4 Å². The number of aromatic nitrogens is 1. The maximum atomic E-state index is 13.3. The van der Waals surface area contributed by atoms with Gasteiger partial charge >= 0.3 is 0 Å². The number of methoxy groups -OCH3 is 1. The summed E-state index contributed by atoms with van der Waals surface area (Å²) in [5.74, 6) is 2.71. The van der Waals surface area contributed by atoms with Crippen LogP contribution in [0.25, 0.3) is 10.2 Å². The Hall–Kier alpha value is -2.00. The molecular formula is C26H36ClN3O3S2. The molecule has 0 aliphatic carbocycles. The Morgan fingerprint density at radius 3 is 2.40 bits per heavy atom. The van der Waals surface area contributed by atoms with E-state index in [0.29, 0.717) is 19.6 Å². The van der Waals surface area contributed by atoms with E-state index in [9.17, 15) is 4.79 Å². The molecule has 3 rings (SSSR count). The first-order valence-electron chi connectivity index (χ1n) is 11.9. The van der Waals surface area contributed by atoms with E-state index >= 15 is 0 Å². The molecule has 1 aromatic heterocycles. The fraction of sp³-hybridized carbons (Fsp3) is 0.462. The highest BCUT2D eigenvalue weighted by molar-refractivity contribution is 7.99. The molecule has 0 atom stereocenters. The third-order valence-electron chi connectivity index (χ3n) is 5.59. The lowest BCUT2D eigenvalue weighted by atomic mass is 10.3. The van der Waals surface area contributed by atoms with Crippen molar-refractivity contribution in [1.29, 1.82) is 0 Å². The zero-order chi connectivity index (χ0) is 24.3. The second-order valence-corrected chi connectivity index (χ2v) is 9.94. The number of carbonyl (C=O) groups is 1. The van der Waals surface area contributed by atoms with Crippen LogP contribution in [0.3, 0.4) is 0 Å². The van der Waals surface area contributed by atoms with Crippen molar-refractivity contribution in [2.45, 2.75) is 38.5 Å². The average molecular weight is 538 g/mol. The van der Waals surface area contributed by atoms with Gasteiger partial charge in [0.2, 0.25) is 5.91 Å². The molecular weight excluding hydrogens is 502 g/mol. The van der Waals surface area contributed by atoms with Gasteiger partial charge in [0.25, 0.3) is 0 Å². The monoisotopic (exact) mass is 537 g/mol. The number of ether oxygens (including phenoxy) is 2. The molecule has 1 amide bonds. The van der Waals surface area contributed by atoms with Crippen LogP contribution < -0.4 is 14.4 Å². The fourth-order valence-corrected chi connectivity index (χ4v) is 5.48. The van der Waals surface area contributed by atoms with Crippen LogP contribution in [0.4, 0.5) is 5.13 Å². The number of benzene rings is 2. The number of amides is 1. The Morgan fingerprint density at radius 2 is 1.74 bits per heavy atom. The number of carbonyl (C=O) groups excluding carboxylic acids is 1.